The van der Waals surface area contributed by atoms with Gasteiger partial charge in [0, 0.05) is 0 Å². The number of carbonyl (C=O) groups is 3. The molecule has 1 heterocycles. The van der Waals surface area contributed by atoms with Crippen LogP contribution in [0.25, 0.3) is 0 Å². The highest BCUT2D eigenvalue weighted by atomic mass is 16.6. The molecule has 1 unspecified atom stereocenters. The Morgan fingerprint density at radius 1 is 1.00 bits per heavy atom. The van der Waals surface area contributed by atoms with Crippen LogP contribution in [0.2, 0.25) is 0 Å². The zero-order valence-electron chi connectivity index (χ0n) is 14.7. The molecule has 136 valence electrons. The van der Waals surface area contributed by atoms with Crippen molar-refractivity contribution in [3.05, 3.63) is 24.3 Å². The number of nitrogens with zero attached hydrogens (tertiary/aromatic N) is 2. The highest BCUT2D eigenvalue weighted by Gasteiger charge is 2.48. The quantitative estimate of drug-likeness (QED) is 0.613. The first kappa shape index (κ1) is 18.6. The molecule has 1 aromatic carbocycles. The molecular formula is C17H22N2O6. The first-order valence-corrected chi connectivity index (χ1v) is 8.06. The minimum Gasteiger partial charge on any atom is -0.469 e. The summed E-state index contributed by atoms with van der Waals surface area (Å²) in [6, 6.07) is 6.84. The number of benzene rings is 1. The Morgan fingerprint density at radius 3 is 1.80 bits per heavy atom. The highest BCUT2D eigenvalue weighted by Crippen LogP contribution is 2.42. The van der Waals surface area contributed by atoms with Gasteiger partial charge in [0.05, 0.1) is 37.6 Å². The first-order valence-electron chi connectivity index (χ1n) is 8.06. The van der Waals surface area contributed by atoms with Crippen molar-refractivity contribution in [1.29, 1.82) is 0 Å². The SMILES string of the molecule is CCOC(=O)N1c2ccccc2N(C(=O)OCC)C1C(C)C(=O)OC. The molecule has 0 aliphatic carbocycles. The summed E-state index contributed by atoms with van der Waals surface area (Å²) >= 11 is 0. The van der Waals surface area contributed by atoms with E-state index in [1.54, 1.807) is 45.0 Å². The van der Waals surface area contributed by atoms with Crippen LogP contribution in [0.15, 0.2) is 24.3 Å². The molecule has 0 N–H and O–H groups in total. The number of hydrogen-bond donors (Lipinski definition) is 0. The summed E-state index contributed by atoms with van der Waals surface area (Å²) < 4.78 is 15.0. The van der Waals surface area contributed by atoms with Crippen LogP contribution >= 0.6 is 0 Å². The van der Waals surface area contributed by atoms with Gasteiger partial charge in [0.25, 0.3) is 0 Å². The molecule has 0 radical (unpaired) electrons. The van der Waals surface area contributed by atoms with Crippen LogP contribution in [-0.2, 0) is 19.0 Å². The van der Waals surface area contributed by atoms with Gasteiger partial charge in [-0.1, -0.05) is 12.1 Å². The summed E-state index contributed by atoms with van der Waals surface area (Å²) in [6.45, 7) is 5.27. The topological polar surface area (TPSA) is 85.4 Å². The number of hydrogen-bond acceptors (Lipinski definition) is 6. The van der Waals surface area contributed by atoms with Gasteiger partial charge in [-0.3, -0.25) is 14.6 Å². The lowest BCUT2D eigenvalue weighted by Gasteiger charge is -2.32. The monoisotopic (exact) mass is 350 g/mol. The van der Waals surface area contributed by atoms with Crippen molar-refractivity contribution in [3.63, 3.8) is 0 Å². The summed E-state index contributed by atoms with van der Waals surface area (Å²) in [5.41, 5.74) is 0.935. The van der Waals surface area contributed by atoms with Gasteiger partial charge in [-0.15, -0.1) is 0 Å². The Bertz CT molecular complexity index is 617. The zero-order chi connectivity index (χ0) is 18.6. The van der Waals surface area contributed by atoms with Gasteiger partial charge in [0.1, 0.15) is 6.17 Å². The van der Waals surface area contributed by atoms with Crippen LogP contribution in [-0.4, -0.2) is 44.6 Å². The van der Waals surface area contributed by atoms with Crippen LogP contribution < -0.4 is 9.80 Å². The van der Waals surface area contributed by atoms with Gasteiger partial charge >= 0.3 is 18.2 Å². The summed E-state index contributed by atoms with van der Waals surface area (Å²) in [4.78, 5) is 39.8. The van der Waals surface area contributed by atoms with Crippen molar-refractivity contribution in [1.82, 2.24) is 0 Å². The second-order valence-electron chi connectivity index (χ2n) is 5.35. The van der Waals surface area contributed by atoms with E-state index in [1.165, 1.54) is 16.9 Å². The number of para-hydroxylation sites is 2. The molecule has 2 rings (SSSR count). The Kier molecular flexibility index (Phi) is 5.84. The molecule has 25 heavy (non-hydrogen) atoms. The van der Waals surface area contributed by atoms with Crippen molar-refractivity contribution in [2.75, 3.05) is 30.1 Å². The van der Waals surface area contributed by atoms with Crippen molar-refractivity contribution in [2.45, 2.75) is 26.9 Å². The molecule has 0 fully saturated rings. The molecule has 0 bridgehead atoms. The number of rotatable bonds is 4. The second kappa shape index (κ2) is 7.87. The molecule has 2 amide bonds. The fraction of sp³-hybridized carbons (Fsp3) is 0.471. The molecular weight excluding hydrogens is 328 g/mol. The highest BCUT2D eigenvalue weighted by molar-refractivity contribution is 6.05. The molecule has 0 aromatic heterocycles. The maximum atomic E-state index is 12.5. The number of fused-ring (bicyclic) bond motifs is 1. The van der Waals surface area contributed by atoms with Crippen LogP contribution in [0.4, 0.5) is 21.0 Å². The third-order valence-corrected chi connectivity index (χ3v) is 3.88. The number of amides is 2. The van der Waals surface area contributed by atoms with E-state index in [0.717, 1.165) is 0 Å². The average Bonchev–Trinajstić information content (AvgIpc) is 2.96. The minimum absolute atomic E-state index is 0.163. The Morgan fingerprint density at radius 2 is 1.44 bits per heavy atom. The molecule has 1 aliphatic heterocycles. The van der Waals surface area contributed by atoms with E-state index >= 15 is 0 Å². The number of methoxy groups -OCH3 is 1. The second-order valence-corrected chi connectivity index (χ2v) is 5.35. The van der Waals surface area contributed by atoms with Gasteiger partial charge in [-0.2, -0.15) is 0 Å². The van der Waals surface area contributed by atoms with Crippen molar-refractivity contribution in [2.24, 2.45) is 5.92 Å². The van der Waals surface area contributed by atoms with Crippen molar-refractivity contribution in [3.8, 4) is 0 Å². The molecule has 1 aliphatic rings. The van der Waals surface area contributed by atoms with Crippen molar-refractivity contribution >= 4 is 29.5 Å². The number of esters is 1. The summed E-state index contributed by atoms with van der Waals surface area (Å²) in [7, 11) is 1.25. The maximum absolute atomic E-state index is 12.5. The average molecular weight is 350 g/mol. The lowest BCUT2D eigenvalue weighted by atomic mass is 10.1. The standard InChI is InChI=1S/C17H22N2O6/c1-5-24-16(21)18-12-9-7-8-10-13(12)19(17(22)25-6-2)14(18)11(3)15(20)23-4/h7-11,14H,5-6H2,1-4H3. The normalized spacial score (nSPS) is 14.7. The van der Waals surface area contributed by atoms with Gasteiger partial charge in [0.2, 0.25) is 0 Å². The van der Waals surface area contributed by atoms with Crippen molar-refractivity contribution < 1.29 is 28.6 Å². The molecule has 0 saturated carbocycles. The maximum Gasteiger partial charge on any atom is 0.416 e. The largest absolute Gasteiger partial charge is 0.469 e. The van der Waals surface area contributed by atoms with E-state index in [-0.39, 0.29) is 13.2 Å². The Hall–Kier alpha value is -2.77. The fourth-order valence-electron chi connectivity index (χ4n) is 2.83. The van der Waals surface area contributed by atoms with Gasteiger partial charge < -0.3 is 14.2 Å². The first-order chi connectivity index (χ1) is 12.0. The van der Waals surface area contributed by atoms with Gasteiger partial charge in [-0.25, -0.2) is 9.59 Å². The Balaban J connectivity index is 2.56. The van der Waals surface area contributed by atoms with E-state index in [2.05, 4.69) is 0 Å². The molecule has 0 spiro atoms. The molecule has 8 nitrogen and oxygen atoms in total. The summed E-state index contributed by atoms with van der Waals surface area (Å²) in [5, 5.41) is 0. The minimum atomic E-state index is -0.942. The molecule has 1 aromatic rings. The van der Waals surface area contributed by atoms with Gasteiger partial charge in [0.15, 0.2) is 0 Å². The number of ether oxygens (including phenoxy) is 3. The number of anilines is 2. The molecule has 0 saturated heterocycles. The Labute approximate surface area is 146 Å². The third kappa shape index (κ3) is 3.38. The van der Waals surface area contributed by atoms with Crippen LogP contribution in [0.5, 0.6) is 0 Å². The smallest absolute Gasteiger partial charge is 0.416 e. The summed E-state index contributed by atoms with van der Waals surface area (Å²) in [5.74, 6) is -1.37. The fourth-order valence-corrected chi connectivity index (χ4v) is 2.83. The van der Waals surface area contributed by atoms with Crippen LogP contribution in [0.3, 0.4) is 0 Å². The third-order valence-electron chi connectivity index (χ3n) is 3.88. The molecule has 1 atom stereocenters. The van der Waals surface area contributed by atoms with E-state index in [1.807, 2.05) is 0 Å². The lowest BCUT2D eigenvalue weighted by molar-refractivity contribution is -0.145. The predicted octanol–water partition coefficient (Wildman–Crippen LogP) is 2.76. The summed E-state index contributed by atoms with van der Waals surface area (Å²) in [6.07, 6.45) is -2.24. The number of carbonyl (C=O) groups excluding carboxylic acids is 3. The van der Waals surface area contributed by atoms with E-state index in [4.69, 9.17) is 14.2 Å². The van der Waals surface area contributed by atoms with E-state index in [9.17, 15) is 14.4 Å². The van der Waals surface area contributed by atoms with Crippen LogP contribution in [0, 0.1) is 5.92 Å². The van der Waals surface area contributed by atoms with Gasteiger partial charge in [-0.05, 0) is 32.9 Å². The van der Waals surface area contributed by atoms with E-state index in [0.29, 0.717) is 11.4 Å². The predicted molar refractivity (Wildman–Crippen MR) is 90.4 cm³/mol. The molecule has 8 heteroatoms. The van der Waals surface area contributed by atoms with E-state index < -0.39 is 30.2 Å². The van der Waals surface area contributed by atoms with Crippen LogP contribution in [0.1, 0.15) is 20.8 Å². The lowest BCUT2D eigenvalue weighted by Crippen LogP contribution is -2.54. The zero-order valence-corrected chi connectivity index (χ0v) is 14.7.